The van der Waals surface area contributed by atoms with Gasteiger partial charge in [-0.05, 0) is 30.7 Å². The number of carboxylic acid groups (broad SMARTS) is 1. The fraction of sp³-hybridized carbons (Fsp3) is 0.632. The van der Waals surface area contributed by atoms with Gasteiger partial charge in [0, 0.05) is 6.42 Å². The maximum Gasteiger partial charge on any atom is 0.335 e. The van der Waals surface area contributed by atoms with Gasteiger partial charge < -0.3 is 9.84 Å². The Morgan fingerprint density at radius 1 is 1.04 bits per heavy atom. The van der Waals surface area contributed by atoms with Crippen LogP contribution in [0, 0.1) is 0 Å². The largest absolute Gasteiger partial charge is 0.493 e. The molecular weight excluding hydrogens is 295 g/mol. The van der Waals surface area contributed by atoms with E-state index >= 15 is 0 Å². The van der Waals surface area contributed by atoms with Crippen LogP contribution in [0.5, 0.6) is 5.75 Å². The van der Waals surface area contributed by atoms with Gasteiger partial charge in [0.15, 0.2) is 0 Å². The molecule has 0 bridgehead atoms. The summed E-state index contributed by atoms with van der Waals surface area (Å²) < 4.78 is 19.2. The number of carbonyl (C=O) groups is 1. The maximum absolute atomic E-state index is 13.7. The second-order valence-electron chi connectivity index (χ2n) is 5.97. The first-order valence-corrected chi connectivity index (χ1v) is 8.73. The molecule has 3 nitrogen and oxygen atoms in total. The lowest BCUT2D eigenvalue weighted by Gasteiger charge is -2.10. The molecule has 0 fully saturated rings. The van der Waals surface area contributed by atoms with Crippen molar-refractivity contribution in [3.8, 4) is 5.75 Å². The number of benzene rings is 1. The molecule has 0 aromatic heterocycles. The van der Waals surface area contributed by atoms with E-state index in [0.29, 0.717) is 25.2 Å². The van der Waals surface area contributed by atoms with Crippen molar-refractivity contribution >= 4 is 5.97 Å². The number of hydrogen-bond acceptors (Lipinski definition) is 2. The topological polar surface area (TPSA) is 46.5 Å². The van der Waals surface area contributed by atoms with Gasteiger partial charge in [0.05, 0.1) is 12.2 Å². The highest BCUT2D eigenvalue weighted by molar-refractivity contribution is 5.87. The highest BCUT2D eigenvalue weighted by Gasteiger charge is 2.07. The fourth-order valence-corrected chi connectivity index (χ4v) is 2.47. The van der Waals surface area contributed by atoms with Crippen LogP contribution in [0.25, 0.3) is 0 Å². The molecule has 0 heterocycles. The van der Waals surface area contributed by atoms with Crippen LogP contribution in [-0.2, 0) is 0 Å². The van der Waals surface area contributed by atoms with E-state index in [-0.39, 0.29) is 5.56 Å². The zero-order valence-corrected chi connectivity index (χ0v) is 14.1. The molecule has 1 rings (SSSR count). The Balaban J connectivity index is 2.05. The van der Waals surface area contributed by atoms with Gasteiger partial charge >= 0.3 is 5.97 Å². The lowest BCUT2D eigenvalue weighted by Crippen LogP contribution is -2.08. The van der Waals surface area contributed by atoms with Crippen LogP contribution >= 0.6 is 0 Å². The lowest BCUT2D eigenvalue weighted by molar-refractivity contribution is 0.0697. The smallest absolute Gasteiger partial charge is 0.335 e. The lowest BCUT2D eigenvalue weighted by atomic mass is 10.1. The van der Waals surface area contributed by atoms with Crippen LogP contribution in [0.4, 0.5) is 4.39 Å². The number of alkyl halides is 1. The third-order valence-electron chi connectivity index (χ3n) is 3.92. The molecule has 0 aliphatic carbocycles. The fourth-order valence-electron chi connectivity index (χ4n) is 2.47. The van der Waals surface area contributed by atoms with Crippen LogP contribution < -0.4 is 4.74 Å². The van der Waals surface area contributed by atoms with E-state index in [1.165, 1.54) is 44.2 Å². The Morgan fingerprint density at radius 3 is 2.26 bits per heavy atom. The van der Waals surface area contributed by atoms with Gasteiger partial charge in [0.1, 0.15) is 11.9 Å². The Hall–Kier alpha value is -1.58. The molecule has 1 unspecified atom stereocenters. The first kappa shape index (κ1) is 19.5. The molecule has 23 heavy (non-hydrogen) atoms. The molecule has 130 valence electrons. The van der Waals surface area contributed by atoms with Crippen LogP contribution in [0.15, 0.2) is 24.3 Å². The molecule has 0 saturated carbocycles. The predicted octanol–water partition coefficient (Wildman–Crippen LogP) is 5.63. The Kier molecular flexibility index (Phi) is 10.1. The van der Waals surface area contributed by atoms with E-state index in [9.17, 15) is 9.18 Å². The summed E-state index contributed by atoms with van der Waals surface area (Å²) in [5.41, 5.74) is 0.222. The van der Waals surface area contributed by atoms with Crippen molar-refractivity contribution in [3.05, 3.63) is 29.8 Å². The number of ether oxygens (including phenoxy) is 1. The number of hydrogen-bond donors (Lipinski definition) is 1. The summed E-state index contributed by atoms with van der Waals surface area (Å²) in [4.78, 5) is 10.7. The van der Waals surface area contributed by atoms with Crippen LogP contribution in [0.1, 0.15) is 75.1 Å². The van der Waals surface area contributed by atoms with Crippen molar-refractivity contribution in [1.82, 2.24) is 0 Å². The summed E-state index contributed by atoms with van der Waals surface area (Å²) in [7, 11) is 0. The van der Waals surface area contributed by atoms with E-state index in [1.807, 2.05) is 0 Å². The molecule has 0 spiro atoms. The zero-order valence-electron chi connectivity index (χ0n) is 14.1. The zero-order chi connectivity index (χ0) is 16.9. The third kappa shape index (κ3) is 9.22. The summed E-state index contributed by atoms with van der Waals surface area (Å²) >= 11 is 0. The van der Waals surface area contributed by atoms with Gasteiger partial charge in [-0.2, -0.15) is 0 Å². The highest BCUT2D eigenvalue weighted by atomic mass is 19.1. The van der Waals surface area contributed by atoms with Crippen LogP contribution in [-0.4, -0.2) is 23.9 Å². The minimum Gasteiger partial charge on any atom is -0.493 e. The Labute approximate surface area is 138 Å². The molecule has 0 saturated heterocycles. The predicted molar refractivity (Wildman–Crippen MR) is 91.0 cm³/mol. The van der Waals surface area contributed by atoms with Gasteiger partial charge in [0.2, 0.25) is 0 Å². The highest BCUT2D eigenvalue weighted by Crippen LogP contribution is 2.15. The van der Waals surface area contributed by atoms with Gasteiger partial charge in [-0.1, -0.05) is 51.9 Å². The van der Waals surface area contributed by atoms with Crippen LogP contribution in [0.3, 0.4) is 0 Å². The molecule has 4 heteroatoms. The van der Waals surface area contributed by atoms with E-state index in [4.69, 9.17) is 9.84 Å². The molecule has 0 aliphatic rings. The molecule has 1 atom stereocenters. The summed E-state index contributed by atoms with van der Waals surface area (Å²) in [5, 5.41) is 8.80. The second kappa shape index (κ2) is 11.9. The van der Waals surface area contributed by atoms with Gasteiger partial charge in [-0.3, -0.25) is 0 Å². The van der Waals surface area contributed by atoms with E-state index < -0.39 is 12.1 Å². The first-order valence-electron chi connectivity index (χ1n) is 8.73. The standard InChI is InChI=1S/C19H29FO3/c1-2-3-4-5-6-7-8-9-17(20)14-15-23-18-12-10-16(11-13-18)19(21)22/h10-13,17H,2-9,14-15H2,1H3,(H,21,22). The first-order chi connectivity index (χ1) is 11.1. The third-order valence-corrected chi connectivity index (χ3v) is 3.92. The van der Waals surface area contributed by atoms with Crippen molar-refractivity contribution in [2.45, 2.75) is 70.9 Å². The summed E-state index contributed by atoms with van der Waals surface area (Å²) in [6.45, 7) is 2.53. The number of unbranched alkanes of at least 4 members (excludes halogenated alkanes) is 6. The van der Waals surface area contributed by atoms with Crippen molar-refractivity contribution in [2.75, 3.05) is 6.61 Å². The van der Waals surface area contributed by atoms with Gasteiger partial charge in [-0.25, -0.2) is 9.18 Å². The normalized spacial score (nSPS) is 12.1. The summed E-state index contributed by atoms with van der Waals surface area (Å²) in [5.74, 6) is -0.381. The number of rotatable bonds is 13. The minimum atomic E-state index is -0.963. The number of halogens is 1. The Bertz CT molecular complexity index is 431. The quantitative estimate of drug-likeness (QED) is 0.478. The van der Waals surface area contributed by atoms with Crippen molar-refractivity contribution in [2.24, 2.45) is 0 Å². The average molecular weight is 324 g/mol. The number of carboxylic acids is 1. The monoisotopic (exact) mass is 324 g/mol. The van der Waals surface area contributed by atoms with E-state index in [0.717, 1.165) is 12.8 Å². The molecule has 1 N–H and O–H groups in total. The summed E-state index contributed by atoms with van der Waals surface area (Å²) in [6, 6.07) is 6.19. The number of aromatic carboxylic acids is 1. The SMILES string of the molecule is CCCCCCCCCC(F)CCOc1ccc(C(=O)O)cc1. The van der Waals surface area contributed by atoms with Crippen molar-refractivity contribution in [1.29, 1.82) is 0 Å². The van der Waals surface area contributed by atoms with Gasteiger partial charge in [0.25, 0.3) is 0 Å². The molecule has 0 aliphatic heterocycles. The molecule has 0 amide bonds. The Morgan fingerprint density at radius 2 is 1.65 bits per heavy atom. The molecule has 1 aromatic rings. The van der Waals surface area contributed by atoms with Crippen molar-refractivity contribution in [3.63, 3.8) is 0 Å². The second-order valence-corrected chi connectivity index (χ2v) is 5.97. The average Bonchev–Trinajstić information content (AvgIpc) is 2.54. The van der Waals surface area contributed by atoms with E-state index in [2.05, 4.69) is 6.92 Å². The van der Waals surface area contributed by atoms with E-state index in [1.54, 1.807) is 12.1 Å². The molecule has 0 radical (unpaired) electrons. The molecule has 1 aromatic carbocycles. The summed E-state index contributed by atoms with van der Waals surface area (Å²) in [6.07, 6.45) is 8.56. The minimum absolute atomic E-state index is 0.222. The van der Waals surface area contributed by atoms with Gasteiger partial charge in [-0.15, -0.1) is 0 Å². The van der Waals surface area contributed by atoms with Crippen LogP contribution in [0.2, 0.25) is 0 Å². The van der Waals surface area contributed by atoms with Crippen molar-refractivity contribution < 1.29 is 19.0 Å². The molecular formula is C19H29FO3. The maximum atomic E-state index is 13.7.